The fraction of sp³-hybridized carbons (Fsp3) is 0.417. The molecule has 0 radical (unpaired) electrons. The number of rotatable bonds is 5. The molecule has 0 saturated heterocycles. The lowest BCUT2D eigenvalue weighted by atomic mass is 9.98. The minimum absolute atomic E-state index is 0.0547. The van der Waals surface area contributed by atoms with Crippen LogP contribution in [0.15, 0.2) is 30.3 Å². The number of Topliss-reactive ketones (excluding diaryl/α,β-unsaturated/α-hetero) is 1. The molecule has 0 fully saturated rings. The molecule has 1 aromatic carbocycles. The summed E-state index contributed by atoms with van der Waals surface area (Å²) >= 11 is 0. The van der Waals surface area contributed by atoms with Gasteiger partial charge in [-0.15, -0.1) is 0 Å². The van der Waals surface area contributed by atoms with Crippen LogP contribution in [-0.4, -0.2) is 19.7 Å². The second-order valence-corrected chi connectivity index (χ2v) is 5.91. The van der Waals surface area contributed by atoms with Crippen LogP contribution in [0.4, 0.5) is 13.2 Å². The first kappa shape index (κ1) is 16.6. The number of hydrogen-bond donors (Lipinski definition) is 0. The van der Waals surface area contributed by atoms with E-state index in [9.17, 15) is 26.4 Å². The summed E-state index contributed by atoms with van der Waals surface area (Å²) in [4.78, 5) is 11.9. The molecular weight excluding hydrogens is 297 g/mol. The fourth-order valence-corrected chi connectivity index (χ4v) is 1.95. The Labute approximate surface area is 114 Å². The molecule has 0 aliphatic heterocycles. The zero-order valence-corrected chi connectivity index (χ0v) is 11.5. The number of hydrogen-bond acceptors (Lipinski definition) is 4. The zero-order chi connectivity index (χ0) is 15.6. The predicted octanol–water partition coefficient (Wildman–Crippen LogP) is 2.82. The summed E-state index contributed by atoms with van der Waals surface area (Å²) in [6.45, 7) is 2.89. The van der Waals surface area contributed by atoms with E-state index in [2.05, 4.69) is 4.18 Å². The van der Waals surface area contributed by atoms with Crippen LogP contribution in [0.1, 0.15) is 25.5 Å². The molecule has 0 aliphatic carbocycles. The highest BCUT2D eigenvalue weighted by Gasteiger charge is 2.49. The Morgan fingerprint density at radius 2 is 1.65 bits per heavy atom. The molecule has 1 rings (SSSR count). The van der Waals surface area contributed by atoms with Gasteiger partial charge in [-0.1, -0.05) is 44.2 Å². The molecule has 0 spiro atoms. The SMILES string of the molecule is CC(C)C(=O)C(OS(=O)(=O)C(F)(F)F)c1ccccc1. The van der Waals surface area contributed by atoms with Gasteiger partial charge in [0, 0.05) is 5.92 Å². The summed E-state index contributed by atoms with van der Waals surface area (Å²) < 4.78 is 63.3. The maximum Gasteiger partial charge on any atom is 0.523 e. The predicted molar refractivity (Wildman–Crippen MR) is 65.1 cm³/mol. The molecular formula is C12H13F3O4S. The fourth-order valence-electron chi connectivity index (χ4n) is 1.38. The van der Waals surface area contributed by atoms with Gasteiger partial charge in [-0.2, -0.15) is 21.6 Å². The first-order valence-electron chi connectivity index (χ1n) is 5.64. The summed E-state index contributed by atoms with van der Waals surface area (Å²) in [5.41, 5.74) is -5.52. The van der Waals surface area contributed by atoms with Gasteiger partial charge in [-0.25, -0.2) is 4.18 Å². The van der Waals surface area contributed by atoms with Crippen molar-refractivity contribution in [2.75, 3.05) is 0 Å². The second kappa shape index (κ2) is 5.92. The number of carbonyl (C=O) groups excluding carboxylic acids is 1. The van der Waals surface area contributed by atoms with Gasteiger partial charge in [-0.05, 0) is 5.56 Å². The van der Waals surface area contributed by atoms with Gasteiger partial charge >= 0.3 is 15.6 Å². The van der Waals surface area contributed by atoms with Crippen molar-refractivity contribution >= 4 is 15.9 Å². The first-order valence-corrected chi connectivity index (χ1v) is 7.05. The van der Waals surface area contributed by atoms with E-state index in [-0.39, 0.29) is 5.56 Å². The normalized spacial score (nSPS) is 14.3. The van der Waals surface area contributed by atoms with Crippen LogP contribution in [0.2, 0.25) is 0 Å². The molecule has 0 heterocycles. The molecule has 1 unspecified atom stereocenters. The topological polar surface area (TPSA) is 60.4 Å². The standard InChI is InChI=1S/C12H13F3O4S/c1-8(2)10(16)11(9-6-4-3-5-7-9)19-20(17,18)12(13,14)15/h3-8,11H,1-2H3. The van der Waals surface area contributed by atoms with Crippen molar-refractivity contribution in [2.24, 2.45) is 5.92 Å². The Morgan fingerprint density at radius 1 is 1.15 bits per heavy atom. The Hall–Kier alpha value is -1.41. The minimum atomic E-state index is -5.84. The highest BCUT2D eigenvalue weighted by Crippen LogP contribution is 2.31. The van der Waals surface area contributed by atoms with Gasteiger partial charge in [0.05, 0.1) is 0 Å². The van der Waals surface area contributed by atoms with Crippen LogP contribution >= 0.6 is 0 Å². The van der Waals surface area contributed by atoms with Gasteiger partial charge in [0.2, 0.25) is 0 Å². The van der Waals surface area contributed by atoms with Crippen molar-refractivity contribution in [3.63, 3.8) is 0 Å². The summed E-state index contributed by atoms with van der Waals surface area (Å²) in [6.07, 6.45) is -1.80. The Bertz CT molecular complexity index is 564. The molecule has 112 valence electrons. The lowest BCUT2D eigenvalue weighted by Crippen LogP contribution is -2.31. The van der Waals surface area contributed by atoms with E-state index in [1.807, 2.05) is 0 Å². The van der Waals surface area contributed by atoms with Gasteiger partial charge in [0.1, 0.15) is 0 Å². The zero-order valence-electron chi connectivity index (χ0n) is 10.7. The van der Waals surface area contributed by atoms with Crippen LogP contribution in [0, 0.1) is 5.92 Å². The minimum Gasteiger partial charge on any atom is -0.296 e. The van der Waals surface area contributed by atoms with Crippen LogP contribution in [-0.2, 0) is 19.1 Å². The molecule has 1 atom stereocenters. The lowest BCUT2D eigenvalue weighted by molar-refractivity contribution is -0.130. The first-order chi connectivity index (χ1) is 9.06. The Morgan fingerprint density at radius 3 is 2.05 bits per heavy atom. The lowest BCUT2D eigenvalue weighted by Gasteiger charge is -2.19. The van der Waals surface area contributed by atoms with Crippen molar-refractivity contribution in [2.45, 2.75) is 25.5 Å². The van der Waals surface area contributed by atoms with E-state index < -0.39 is 33.4 Å². The average Bonchev–Trinajstić information content (AvgIpc) is 2.34. The summed E-state index contributed by atoms with van der Waals surface area (Å²) in [6, 6.07) is 7.19. The van der Waals surface area contributed by atoms with Crippen molar-refractivity contribution < 1.29 is 30.6 Å². The van der Waals surface area contributed by atoms with Crippen molar-refractivity contribution in [1.29, 1.82) is 0 Å². The summed E-state index contributed by atoms with van der Waals surface area (Å²) in [5, 5.41) is 0. The molecule has 0 aromatic heterocycles. The van der Waals surface area contributed by atoms with Crippen LogP contribution in [0.5, 0.6) is 0 Å². The largest absolute Gasteiger partial charge is 0.523 e. The highest BCUT2D eigenvalue weighted by molar-refractivity contribution is 7.87. The summed E-state index contributed by atoms with van der Waals surface area (Å²) in [7, 11) is -5.84. The number of halogens is 3. The maximum absolute atomic E-state index is 12.3. The third-order valence-corrected chi connectivity index (χ3v) is 3.45. The van der Waals surface area contributed by atoms with E-state index >= 15 is 0 Å². The van der Waals surface area contributed by atoms with Crippen LogP contribution in [0.3, 0.4) is 0 Å². The Balaban J connectivity index is 3.18. The van der Waals surface area contributed by atoms with Crippen molar-refractivity contribution in [1.82, 2.24) is 0 Å². The third kappa shape index (κ3) is 3.80. The molecule has 0 saturated carbocycles. The molecule has 0 bridgehead atoms. The molecule has 20 heavy (non-hydrogen) atoms. The Kier molecular flexibility index (Phi) is 4.93. The molecule has 1 aromatic rings. The van der Waals surface area contributed by atoms with E-state index in [0.29, 0.717) is 0 Å². The highest BCUT2D eigenvalue weighted by atomic mass is 32.2. The number of ketones is 1. The van der Waals surface area contributed by atoms with E-state index in [0.717, 1.165) is 0 Å². The molecule has 0 aliphatic rings. The van der Waals surface area contributed by atoms with Gasteiger partial charge in [-0.3, -0.25) is 4.79 Å². The monoisotopic (exact) mass is 310 g/mol. The molecule has 8 heteroatoms. The van der Waals surface area contributed by atoms with E-state index in [1.54, 1.807) is 6.07 Å². The number of carbonyl (C=O) groups is 1. The molecule has 4 nitrogen and oxygen atoms in total. The quantitative estimate of drug-likeness (QED) is 0.620. The summed E-state index contributed by atoms with van der Waals surface area (Å²) in [5.74, 6) is -1.42. The second-order valence-electron chi connectivity index (χ2n) is 4.34. The van der Waals surface area contributed by atoms with Crippen molar-refractivity contribution in [3.05, 3.63) is 35.9 Å². The van der Waals surface area contributed by atoms with Gasteiger partial charge in [0.25, 0.3) is 0 Å². The van der Waals surface area contributed by atoms with E-state index in [1.165, 1.54) is 38.1 Å². The smallest absolute Gasteiger partial charge is 0.296 e. The molecule has 0 N–H and O–H groups in total. The maximum atomic E-state index is 12.3. The van der Waals surface area contributed by atoms with Gasteiger partial charge < -0.3 is 0 Å². The van der Waals surface area contributed by atoms with Crippen LogP contribution < -0.4 is 0 Å². The average molecular weight is 310 g/mol. The van der Waals surface area contributed by atoms with E-state index in [4.69, 9.17) is 0 Å². The molecule has 0 amide bonds. The third-order valence-electron chi connectivity index (χ3n) is 2.44. The van der Waals surface area contributed by atoms with Gasteiger partial charge in [0.15, 0.2) is 11.9 Å². The number of alkyl halides is 3. The van der Waals surface area contributed by atoms with Crippen LogP contribution in [0.25, 0.3) is 0 Å². The van der Waals surface area contributed by atoms with Crippen molar-refractivity contribution in [3.8, 4) is 0 Å². The number of benzene rings is 1.